The van der Waals surface area contributed by atoms with E-state index in [1.165, 1.54) is 22.0 Å². The Kier molecular flexibility index (Phi) is 9.32. The number of benzene rings is 1. The van der Waals surface area contributed by atoms with Crippen LogP contribution >= 0.6 is 0 Å². The number of unbranched alkanes of at least 4 members (excludes halogenated alkanes) is 1. The lowest BCUT2D eigenvalue weighted by Crippen LogP contribution is -2.46. The molecule has 0 saturated carbocycles. The zero-order valence-electron chi connectivity index (χ0n) is 24.5. The van der Waals surface area contributed by atoms with Crippen molar-refractivity contribution in [3.05, 3.63) is 54.4 Å². The fourth-order valence-electron chi connectivity index (χ4n) is 5.04. The lowest BCUT2D eigenvalue weighted by Gasteiger charge is -2.41. The van der Waals surface area contributed by atoms with Crippen molar-refractivity contribution < 1.29 is 0 Å². The highest BCUT2D eigenvalue weighted by Crippen LogP contribution is 2.38. The van der Waals surface area contributed by atoms with Crippen molar-refractivity contribution in [3.8, 4) is 0 Å². The molecule has 9 heteroatoms. The summed E-state index contributed by atoms with van der Waals surface area (Å²) in [4.78, 5) is 18.7. The average molecular weight is 530 g/mol. The van der Waals surface area contributed by atoms with Gasteiger partial charge in [0.1, 0.15) is 23.8 Å². The van der Waals surface area contributed by atoms with Crippen LogP contribution in [0.4, 0.5) is 23.3 Å². The number of hydrogen-bond acceptors (Lipinski definition) is 8. The minimum atomic E-state index is 0.396. The predicted octanol–water partition coefficient (Wildman–Crippen LogP) is 6.28. The largest absolute Gasteiger partial charge is 0.369 e. The quantitative estimate of drug-likeness (QED) is 0.257. The van der Waals surface area contributed by atoms with Gasteiger partial charge in [-0.15, -0.1) is 10.2 Å². The van der Waals surface area contributed by atoms with E-state index in [9.17, 15) is 0 Å². The van der Waals surface area contributed by atoms with Gasteiger partial charge in [0.15, 0.2) is 0 Å². The molecule has 0 radical (unpaired) electrons. The summed E-state index contributed by atoms with van der Waals surface area (Å²) in [5.41, 5.74) is 2.53. The van der Waals surface area contributed by atoms with Crippen LogP contribution in [0.2, 0.25) is 0 Å². The summed E-state index contributed by atoms with van der Waals surface area (Å²) in [5.74, 6) is 4.13. The van der Waals surface area contributed by atoms with Gasteiger partial charge in [0, 0.05) is 56.7 Å². The lowest BCUT2D eigenvalue weighted by atomic mass is 9.93. The highest BCUT2D eigenvalue weighted by molar-refractivity contribution is 5.98. The fourth-order valence-corrected chi connectivity index (χ4v) is 5.04. The number of fused-ring (bicyclic) bond motifs is 1. The van der Waals surface area contributed by atoms with Crippen LogP contribution < -0.4 is 15.1 Å². The maximum Gasteiger partial charge on any atom is 0.227 e. The Labute approximate surface area is 232 Å². The molecule has 1 aromatic carbocycles. The van der Waals surface area contributed by atoms with E-state index in [0.717, 1.165) is 62.4 Å². The molecule has 39 heavy (non-hydrogen) atoms. The smallest absolute Gasteiger partial charge is 0.227 e. The molecule has 1 aliphatic rings. The molecule has 1 aliphatic heterocycles. The number of hydrogen-bond donors (Lipinski definition) is 1. The molecule has 0 aliphatic carbocycles. The molecule has 3 aromatic heterocycles. The maximum atomic E-state index is 4.79. The van der Waals surface area contributed by atoms with Crippen LogP contribution in [0, 0.1) is 0 Å². The Morgan fingerprint density at radius 1 is 1.05 bits per heavy atom. The summed E-state index contributed by atoms with van der Waals surface area (Å²) in [5, 5.41) is 14.2. The van der Waals surface area contributed by atoms with Crippen molar-refractivity contribution in [1.82, 2.24) is 29.7 Å². The minimum Gasteiger partial charge on any atom is -0.369 e. The van der Waals surface area contributed by atoms with Gasteiger partial charge in [-0.3, -0.25) is 0 Å². The monoisotopic (exact) mass is 529 g/mol. The standard InChI is InChI=1S/C28H37N9.C2H6/c1-6-8-13-36(7-2)28-29-12-11-25(33-28)32-26-14-22-21(19(3)4)9-10-24(23(22)15-30-26)37-16-20(17-37)27-34-31-18-35(27)5;1-2/h9-12,14-15,18-20H,6-8,13,16-17H2,1-5H3,(H,29,30,32,33);1-2H3. The summed E-state index contributed by atoms with van der Waals surface area (Å²) in [6, 6.07) is 8.56. The molecule has 4 heterocycles. The fraction of sp³-hybridized carbons (Fsp3) is 0.500. The number of rotatable bonds is 10. The molecule has 1 N–H and O–H groups in total. The van der Waals surface area contributed by atoms with E-state index < -0.39 is 0 Å². The molecule has 9 nitrogen and oxygen atoms in total. The number of aryl methyl sites for hydroxylation is 1. The van der Waals surface area contributed by atoms with Crippen molar-refractivity contribution in [2.75, 3.05) is 41.3 Å². The summed E-state index contributed by atoms with van der Waals surface area (Å²) < 4.78 is 2.02. The van der Waals surface area contributed by atoms with Crippen LogP contribution in [0.15, 0.2) is 43.0 Å². The van der Waals surface area contributed by atoms with E-state index in [4.69, 9.17) is 9.97 Å². The summed E-state index contributed by atoms with van der Waals surface area (Å²) in [7, 11) is 2.01. The molecular formula is C30H43N9. The van der Waals surface area contributed by atoms with Crippen LogP contribution in [0.1, 0.15) is 77.6 Å². The van der Waals surface area contributed by atoms with Gasteiger partial charge in [-0.2, -0.15) is 4.98 Å². The Balaban J connectivity index is 0.00000172. The van der Waals surface area contributed by atoms with Crippen molar-refractivity contribution in [1.29, 1.82) is 0 Å². The summed E-state index contributed by atoms with van der Waals surface area (Å²) in [6.45, 7) is 16.5. The van der Waals surface area contributed by atoms with Crippen molar-refractivity contribution in [2.45, 2.75) is 66.2 Å². The lowest BCUT2D eigenvalue weighted by molar-refractivity contribution is 0.488. The van der Waals surface area contributed by atoms with Crippen molar-refractivity contribution in [2.24, 2.45) is 7.05 Å². The van der Waals surface area contributed by atoms with Gasteiger partial charge in [0.05, 0.1) is 5.92 Å². The highest BCUT2D eigenvalue weighted by atomic mass is 15.3. The van der Waals surface area contributed by atoms with Crippen LogP contribution in [-0.4, -0.2) is 55.9 Å². The van der Waals surface area contributed by atoms with Crippen molar-refractivity contribution >= 4 is 34.0 Å². The summed E-state index contributed by atoms with van der Waals surface area (Å²) in [6.07, 6.45) is 7.85. The number of nitrogens with one attached hydrogen (secondary N) is 1. The van der Waals surface area contributed by atoms with Crippen molar-refractivity contribution in [3.63, 3.8) is 0 Å². The first kappa shape index (κ1) is 28.3. The number of anilines is 4. The van der Waals surface area contributed by atoms with Gasteiger partial charge < -0.3 is 19.7 Å². The molecular weight excluding hydrogens is 486 g/mol. The van der Waals surface area contributed by atoms with E-state index in [0.29, 0.717) is 11.8 Å². The third-order valence-electron chi connectivity index (χ3n) is 7.21. The van der Waals surface area contributed by atoms with Crippen LogP contribution in [0.5, 0.6) is 0 Å². The van der Waals surface area contributed by atoms with Gasteiger partial charge in [0.2, 0.25) is 5.95 Å². The molecule has 1 saturated heterocycles. The first-order valence-electron chi connectivity index (χ1n) is 14.3. The van der Waals surface area contributed by atoms with E-state index in [1.807, 2.05) is 43.9 Å². The Bertz CT molecular complexity index is 1360. The number of nitrogens with zero attached hydrogens (tertiary/aromatic N) is 8. The normalized spacial score (nSPS) is 13.3. The average Bonchev–Trinajstić information content (AvgIpc) is 3.34. The third kappa shape index (κ3) is 6.13. The Hall–Kier alpha value is -3.75. The maximum absolute atomic E-state index is 4.79. The van der Waals surface area contributed by atoms with Gasteiger partial charge >= 0.3 is 0 Å². The first-order valence-corrected chi connectivity index (χ1v) is 14.3. The number of pyridine rings is 1. The van der Waals surface area contributed by atoms with Gasteiger partial charge in [-0.1, -0.05) is 47.1 Å². The Morgan fingerprint density at radius 3 is 2.51 bits per heavy atom. The van der Waals surface area contributed by atoms with E-state index in [-0.39, 0.29) is 0 Å². The van der Waals surface area contributed by atoms with E-state index in [1.54, 1.807) is 6.33 Å². The second kappa shape index (κ2) is 12.9. The van der Waals surface area contributed by atoms with Gasteiger partial charge in [-0.05, 0) is 48.4 Å². The second-order valence-corrected chi connectivity index (χ2v) is 10.1. The SMILES string of the molecule is CC.CCCCN(CC)c1nccc(Nc2cc3c(C(C)C)ccc(N4CC(c5nncn5C)C4)c3cn2)n1. The van der Waals surface area contributed by atoms with Crippen LogP contribution in [0.3, 0.4) is 0 Å². The molecule has 5 rings (SSSR count). The van der Waals surface area contributed by atoms with E-state index in [2.05, 4.69) is 76.2 Å². The first-order chi connectivity index (χ1) is 19.0. The molecule has 1 fully saturated rings. The van der Waals surface area contributed by atoms with Crippen LogP contribution in [-0.2, 0) is 7.05 Å². The Morgan fingerprint density at radius 2 is 1.85 bits per heavy atom. The topological polar surface area (TPSA) is 87.9 Å². The van der Waals surface area contributed by atoms with Gasteiger partial charge in [-0.25, -0.2) is 9.97 Å². The van der Waals surface area contributed by atoms with E-state index >= 15 is 0 Å². The molecule has 208 valence electrons. The highest BCUT2D eigenvalue weighted by Gasteiger charge is 2.32. The molecule has 0 spiro atoms. The zero-order chi connectivity index (χ0) is 27.9. The minimum absolute atomic E-state index is 0.396. The van der Waals surface area contributed by atoms with Gasteiger partial charge in [0.25, 0.3) is 0 Å². The predicted molar refractivity (Wildman–Crippen MR) is 161 cm³/mol. The number of aromatic nitrogens is 6. The third-order valence-corrected chi connectivity index (χ3v) is 7.21. The molecule has 0 atom stereocenters. The summed E-state index contributed by atoms with van der Waals surface area (Å²) >= 11 is 0. The van der Waals surface area contributed by atoms with Crippen LogP contribution in [0.25, 0.3) is 10.8 Å². The second-order valence-electron chi connectivity index (χ2n) is 10.1. The molecule has 0 amide bonds. The molecule has 4 aromatic rings. The molecule has 0 bridgehead atoms. The zero-order valence-corrected chi connectivity index (χ0v) is 24.5. The molecule has 0 unspecified atom stereocenters.